The Morgan fingerprint density at radius 1 is 1.11 bits per heavy atom. The van der Waals surface area contributed by atoms with Crippen molar-refractivity contribution in [1.82, 2.24) is 0 Å². The number of epoxide rings is 1. The molecular formula is C36H52O10. The number of ether oxygens (including phenoxy) is 3. The largest absolute Gasteiger partial charge is 0.455 e. The average molecular weight is 645 g/mol. The number of aliphatic hydroxyl groups is 4. The van der Waals surface area contributed by atoms with Gasteiger partial charge < -0.3 is 34.6 Å². The van der Waals surface area contributed by atoms with Gasteiger partial charge in [-0.15, -0.1) is 0 Å². The first-order valence-corrected chi connectivity index (χ1v) is 16.6. The van der Waals surface area contributed by atoms with E-state index < -0.39 is 88.2 Å². The van der Waals surface area contributed by atoms with Gasteiger partial charge in [0, 0.05) is 29.7 Å². The number of unbranched alkanes of at least 4 members (excludes halogenated alkanes) is 3. The lowest BCUT2D eigenvalue weighted by Crippen LogP contribution is -2.73. The average Bonchev–Trinajstić information content (AvgIpc) is 3.68. The van der Waals surface area contributed by atoms with Crippen LogP contribution in [0.2, 0.25) is 0 Å². The number of esters is 2. The van der Waals surface area contributed by atoms with Crippen LogP contribution in [0, 0.1) is 23.2 Å². The number of allylic oxidation sites excluding steroid dienone is 5. The van der Waals surface area contributed by atoms with E-state index >= 15 is 0 Å². The van der Waals surface area contributed by atoms with Gasteiger partial charge in [0.25, 0.3) is 0 Å². The van der Waals surface area contributed by atoms with E-state index in [9.17, 15) is 34.8 Å². The fraction of sp³-hybridized carbons (Fsp3) is 0.694. The fourth-order valence-electron chi connectivity index (χ4n) is 7.97. The second kappa shape index (κ2) is 13.1. The second-order valence-electron chi connectivity index (χ2n) is 14.4. The van der Waals surface area contributed by atoms with Gasteiger partial charge in [0.2, 0.25) is 0 Å². The van der Waals surface area contributed by atoms with Crippen molar-refractivity contribution >= 4 is 17.7 Å². The molecule has 0 aromatic carbocycles. The lowest BCUT2D eigenvalue weighted by molar-refractivity contribution is -0.282. The van der Waals surface area contributed by atoms with Gasteiger partial charge in [-0.1, -0.05) is 83.9 Å². The summed E-state index contributed by atoms with van der Waals surface area (Å²) < 4.78 is 18.2. The van der Waals surface area contributed by atoms with Crippen LogP contribution in [0.25, 0.3) is 0 Å². The Labute approximate surface area is 272 Å². The molecule has 3 aliphatic carbocycles. The second-order valence-corrected chi connectivity index (χ2v) is 14.4. The normalized spacial score (nSPS) is 40.3. The first-order chi connectivity index (χ1) is 21.5. The van der Waals surface area contributed by atoms with Gasteiger partial charge in [0.05, 0.1) is 24.2 Å². The van der Waals surface area contributed by atoms with Crippen molar-refractivity contribution in [3.05, 3.63) is 48.1 Å². The van der Waals surface area contributed by atoms with E-state index in [1.165, 1.54) is 31.6 Å². The van der Waals surface area contributed by atoms with Gasteiger partial charge in [-0.3, -0.25) is 9.59 Å². The summed E-state index contributed by atoms with van der Waals surface area (Å²) in [5, 5.41) is 46.7. The Balaban J connectivity index is 1.74. The Bertz CT molecular complexity index is 1310. The van der Waals surface area contributed by atoms with Gasteiger partial charge in [-0.05, 0) is 38.7 Å². The number of Topliss-reactive ketones (excluding diaryl/α,β-unsaturated/α-hetero) is 1. The van der Waals surface area contributed by atoms with E-state index in [0.29, 0.717) is 6.42 Å². The third kappa shape index (κ3) is 5.64. The molecule has 256 valence electrons. The molecule has 1 aliphatic heterocycles. The molecule has 0 spiro atoms. The molecule has 46 heavy (non-hydrogen) atoms. The summed E-state index contributed by atoms with van der Waals surface area (Å²) in [5.41, 5.74) is -8.89. The standard InChI is InChI=1S/C36H52O10/c1-8-10-11-12-13-14-15-16-17-18-26(38)44-25-20-34(42)24-19-23(4)28(39)36(24,43)31(41)35(21-37)29(45-35)27(34)32(5,6)33(25,7)46-30(40)22(3)9-2/h13-19,22,24-25,27,29,31,37,41-43H,8-12,20-21H2,1-7H3/b14-13+,16-15+,18-17+. The minimum absolute atomic E-state index is 0.142. The van der Waals surface area contributed by atoms with Crippen LogP contribution in [0.4, 0.5) is 0 Å². The summed E-state index contributed by atoms with van der Waals surface area (Å²) in [6.45, 7) is 11.6. The zero-order valence-corrected chi connectivity index (χ0v) is 28.2. The maximum absolute atomic E-state index is 13.4. The van der Waals surface area contributed by atoms with E-state index in [0.717, 1.165) is 19.3 Å². The maximum Gasteiger partial charge on any atom is 0.331 e. The smallest absolute Gasteiger partial charge is 0.331 e. The van der Waals surface area contributed by atoms with Gasteiger partial charge in [0.1, 0.15) is 17.8 Å². The van der Waals surface area contributed by atoms with Crippen LogP contribution in [0.1, 0.15) is 87.0 Å². The third-order valence-electron chi connectivity index (χ3n) is 11.3. The van der Waals surface area contributed by atoms with Crippen LogP contribution in [-0.4, -0.2) is 85.5 Å². The molecule has 4 N–H and O–H groups in total. The molecule has 0 radical (unpaired) electrons. The van der Waals surface area contributed by atoms with E-state index in [2.05, 4.69) is 13.0 Å². The summed E-state index contributed by atoms with van der Waals surface area (Å²) in [6, 6.07) is 0. The zero-order chi connectivity index (χ0) is 34.3. The molecule has 10 heteroatoms. The topological polar surface area (TPSA) is 163 Å². The highest BCUT2D eigenvalue weighted by atomic mass is 16.6. The minimum Gasteiger partial charge on any atom is -0.455 e. The van der Waals surface area contributed by atoms with Crippen LogP contribution in [0.3, 0.4) is 0 Å². The van der Waals surface area contributed by atoms with Crippen LogP contribution in [0.5, 0.6) is 0 Å². The van der Waals surface area contributed by atoms with Crippen molar-refractivity contribution in [3.8, 4) is 0 Å². The minimum atomic E-state index is -2.51. The number of aliphatic hydroxyl groups excluding tert-OH is 2. The molecule has 4 aliphatic rings. The van der Waals surface area contributed by atoms with Crippen molar-refractivity contribution < 1.29 is 49.0 Å². The predicted octanol–water partition coefficient (Wildman–Crippen LogP) is 3.65. The highest BCUT2D eigenvalue weighted by Gasteiger charge is 2.84. The Morgan fingerprint density at radius 2 is 1.78 bits per heavy atom. The number of ketones is 1. The molecule has 10 nitrogen and oxygen atoms in total. The monoisotopic (exact) mass is 644 g/mol. The van der Waals surface area contributed by atoms with Crippen molar-refractivity contribution in [3.63, 3.8) is 0 Å². The molecule has 1 saturated heterocycles. The highest BCUT2D eigenvalue weighted by Crippen LogP contribution is 2.68. The first-order valence-electron chi connectivity index (χ1n) is 16.6. The number of hydrogen-bond acceptors (Lipinski definition) is 10. The summed E-state index contributed by atoms with van der Waals surface area (Å²) in [4.78, 5) is 40.0. The van der Waals surface area contributed by atoms with Crippen LogP contribution < -0.4 is 0 Å². The van der Waals surface area contributed by atoms with E-state index in [1.54, 1.807) is 39.8 Å². The molecule has 10 unspecified atom stereocenters. The number of carbonyl (C=O) groups excluding carboxylic acids is 3. The van der Waals surface area contributed by atoms with Crippen molar-refractivity contribution in [2.75, 3.05) is 6.61 Å². The molecule has 0 aromatic heterocycles. The van der Waals surface area contributed by atoms with Crippen LogP contribution in [0.15, 0.2) is 48.1 Å². The molecule has 1 heterocycles. The SMILES string of the molecule is CCCCC/C=C/C=C/C=C/C(=O)OC1CC2(O)C3C=C(C)C(=O)C3(O)C(O)C3(CO)OC3C2C(C)(C)C1(C)OC(=O)C(C)CC. The van der Waals surface area contributed by atoms with Crippen molar-refractivity contribution in [2.24, 2.45) is 23.2 Å². The number of rotatable bonds is 12. The maximum atomic E-state index is 13.4. The fourth-order valence-corrected chi connectivity index (χ4v) is 7.97. The third-order valence-corrected chi connectivity index (χ3v) is 11.3. The molecule has 2 saturated carbocycles. The molecule has 0 bridgehead atoms. The van der Waals surface area contributed by atoms with Gasteiger partial charge in [0.15, 0.2) is 17.0 Å². The van der Waals surface area contributed by atoms with Gasteiger partial charge in [-0.25, -0.2) is 4.79 Å². The Morgan fingerprint density at radius 3 is 2.41 bits per heavy atom. The van der Waals surface area contributed by atoms with Crippen LogP contribution >= 0.6 is 0 Å². The Hall–Kier alpha value is -2.63. The van der Waals surface area contributed by atoms with Crippen molar-refractivity contribution in [2.45, 2.75) is 128 Å². The van der Waals surface area contributed by atoms with Crippen molar-refractivity contribution in [1.29, 1.82) is 0 Å². The summed E-state index contributed by atoms with van der Waals surface area (Å²) in [5.74, 6) is -4.82. The molecule has 0 aromatic rings. The molecule has 4 rings (SSSR count). The number of fused-ring (bicyclic) bond motifs is 5. The number of hydrogen-bond donors (Lipinski definition) is 4. The zero-order valence-electron chi connectivity index (χ0n) is 28.2. The lowest BCUT2D eigenvalue weighted by atomic mass is 9.49. The Kier molecular flexibility index (Phi) is 10.3. The predicted molar refractivity (Wildman–Crippen MR) is 170 cm³/mol. The van der Waals surface area contributed by atoms with Crippen LogP contribution in [-0.2, 0) is 28.6 Å². The van der Waals surface area contributed by atoms with E-state index in [4.69, 9.17) is 14.2 Å². The molecule has 10 atom stereocenters. The molecular weight excluding hydrogens is 592 g/mol. The van der Waals surface area contributed by atoms with Gasteiger partial charge in [-0.2, -0.15) is 0 Å². The van der Waals surface area contributed by atoms with E-state index in [1.807, 2.05) is 13.0 Å². The molecule has 3 fully saturated rings. The summed E-state index contributed by atoms with van der Waals surface area (Å²) >= 11 is 0. The lowest BCUT2D eigenvalue weighted by Gasteiger charge is -2.61. The summed E-state index contributed by atoms with van der Waals surface area (Å²) in [7, 11) is 0. The first kappa shape index (κ1) is 36.2. The quantitative estimate of drug-likeness (QED) is 0.0811. The summed E-state index contributed by atoms with van der Waals surface area (Å²) in [6.07, 6.45) is 12.1. The molecule has 0 amide bonds. The van der Waals surface area contributed by atoms with Gasteiger partial charge >= 0.3 is 11.9 Å². The number of carbonyl (C=O) groups is 3. The van der Waals surface area contributed by atoms with E-state index in [-0.39, 0.29) is 12.0 Å². The highest BCUT2D eigenvalue weighted by molar-refractivity contribution is 6.05.